The lowest BCUT2D eigenvalue weighted by Crippen LogP contribution is -2.65. The number of aliphatic hydroxyl groups excluding tert-OH is 3. The molecule has 28 heavy (non-hydrogen) atoms. The third kappa shape index (κ3) is 5.78. The molecule has 2 saturated heterocycles. The predicted molar refractivity (Wildman–Crippen MR) is 104 cm³/mol. The van der Waals surface area contributed by atoms with Crippen molar-refractivity contribution in [3.8, 4) is 0 Å². The minimum atomic E-state index is -1.36. The van der Waals surface area contributed by atoms with Crippen LogP contribution in [0, 0.1) is 5.92 Å². The zero-order valence-corrected chi connectivity index (χ0v) is 17.4. The van der Waals surface area contributed by atoms with E-state index in [1.807, 2.05) is 13.8 Å². The van der Waals surface area contributed by atoms with Gasteiger partial charge in [-0.3, -0.25) is 4.79 Å². The van der Waals surface area contributed by atoms with Gasteiger partial charge in [-0.1, -0.05) is 13.8 Å². The first kappa shape index (κ1) is 23.8. The predicted octanol–water partition coefficient (Wildman–Crippen LogP) is -0.595. The fraction of sp³-hybridized carbons (Fsp3) is 0.944. The van der Waals surface area contributed by atoms with Gasteiger partial charge in [0, 0.05) is 0 Å². The van der Waals surface area contributed by atoms with Crippen LogP contribution in [0.3, 0.4) is 0 Å². The van der Waals surface area contributed by atoms with Gasteiger partial charge in [0.05, 0.1) is 24.8 Å². The molecule has 2 fully saturated rings. The Balaban J connectivity index is 2.04. The smallest absolute Gasteiger partial charge is 0.237 e. The summed E-state index contributed by atoms with van der Waals surface area (Å²) < 4.78 is 23.6. The second kappa shape index (κ2) is 11.1. The summed E-state index contributed by atoms with van der Waals surface area (Å²) in [4.78, 5) is 12.8. The van der Waals surface area contributed by atoms with E-state index in [9.17, 15) is 24.5 Å². The van der Waals surface area contributed by atoms with Crippen LogP contribution in [-0.4, -0.2) is 95.3 Å². The molecule has 0 aromatic carbocycles. The Bertz CT molecular complexity index is 501. The molecule has 0 aromatic heterocycles. The Morgan fingerprint density at radius 1 is 1.32 bits per heavy atom. The van der Waals surface area contributed by atoms with Crippen molar-refractivity contribution in [2.75, 3.05) is 26.1 Å². The van der Waals surface area contributed by atoms with Crippen LogP contribution in [0.5, 0.6) is 0 Å². The van der Waals surface area contributed by atoms with E-state index in [0.29, 0.717) is 19.4 Å². The van der Waals surface area contributed by atoms with E-state index in [1.165, 1.54) is 11.8 Å². The van der Waals surface area contributed by atoms with Crippen LogP contribution >= 0.6 is 11.8 Å². The van der Waals surface area contributed by atoms with Gasteiger partial charge in [-0.25, -0.2) is 4.39 Å². The van der Waals surface area contributed by atoms with Gasteiger partial charge in [-0.05, 0) is 31.6 Å². The highest BCUT2D eigenvalue weighted by Crippen LogP contribution is 2.30. The molecule has 10 heteroatoms. The summed E-state index contributed by atoms with van der Waals surface area (Å²) in [6.07, 6.45) is -2.06. The Labute approximate surface area is 169 Å². The zero-order valence-electron chi connectivity index (χ0n) is 16.6. The summed E-state index contributed by atoms with van der Waals surface area (Å²) in [7, 11) is 0. The molecule has 8 nitrogen and oxygen atoms in total. The van der Waals surface area contributed by atoms with E-state index in [-0.39, 0.29) is 24.5 Å². The van der Waals surface area contributed by atoms with Gasteiger partial charge in [-0.15, -0.1) is 11.8 Å². The molecular weight excluding hydrogens is 391 g/mol. The van der Waals surface area contributed by atoms with Gasteiger partial charge in [0.2, 0.25) is 5.91 Å². The molecule has 2 rings (SSSR count). The lowest BCUT2D eigenvalue weighted by Gasteiger charge is -2.44. The number of aliphatic hydroxyl groups is 3. The van der Waals surface area contributed by atoms with E-state index in [4.69, 9.17) is 9.47 Å². The van der Waals surface area contributed by atoms with Crippen LogP contribution in [0.4, 0.5) is 4.39 Å². The summed E-state index contributed by atoms with van der Waals surface area (Å²) in [5.74, 6) is -0.347. The van der Waals surface area contributed by atoms with Crippen molar-refractivity contribution in [2.24, 2.45) is 5.92 Å². The van der Waals surface area contributed by atoms with Gasteiger partial charge in [0.25, 0.3) is 0 Å². The van der Waals surface area contributed by atoms with Crippen molar-refractivity contribution in [3.05, 3.63) is 0 Å². The normalized spacial score (nSPS) is 37.6. The molecule has 0 aliphatic carbocycles. The first-order valence-corrected chi connectivity index (χ1v) is 11.0. The number of carbonyl (C=O) groups excluding carboxylic acids is 1. The van der Waals surface area contributed by atoms with Crippen molar-refractivity contribution >= 4 is 17.7 Å². The molecule has 2 heterocycles. The first-order chi connectivity index (χ1) is 13.3. The molecule has 5 N–H and O–H groups in total. The number of hydrogen-bond acceptors (Lipinski definition) is 8. The molecule has 0 spiro atoms. The number of nitrogens with one attached hydrogen (secondary N) is 2. The van der Waals surface area contributed by atoms with Crippen LogP contribution in [0.1, 0.15) is 26.7 Å². The van der Waals surface area contributed by atoms with Gasteiger partial charge in [-0.2, -0.15) is 0 Å². The number of carbonyl (C=O) groups is 1. The van der Waals surface area contributed by atoms with Crippen molar-refractivity contribution in [1.82, 2.24) is 10.6 Å². The fourth-order valence-electron chi connectivity index (χ4n) is 3.70. The fourth-order valence-corrected chi connectivity index (χ4v) is 4.38. The number of ether oxygens (including phenoxy) is 2. The van der Waals surface area contributed by atoms with Crippen LogP contribution in [0.2, 0.25) is 0 Å². The lowest BCUT2D eigenvalue weighted by molar-refractivity contribution is -0.208. The maximum absolute atomic E-state index is 12.8. The number of halogens is 1. The molecular formula is C18H33FN2O6S. The minimum absolute atomic E-state index is 0.0199. The topological polar surface area (TPSA) is 120 Å². The average molecular weight is 425 g/mol. The highest BCUT2D eigenvalue weighted by molar-refractivity contribution is 7.99. The summed E-state index contributed by atoms with van der Waals surface area (Å²) in [5.41, 5.74) is -0.701. The SMILES string of the molecule is CSC1OC(C(NC(=O)C2CC(OCCF)CCN2)C(C)C)C(O)C(O)C1O. The number of hydrogen-bond donors (Lipinski definition) is 5. The Hall–Kier alpha value is -0.490. The lowest BCUT2D eigenvalue weighted by atomic mass is 9.88. The van der Waals surface area contributed by atoms with Crippen molar-refractivity contribution in [1.29, 1.82) is 0 Å². The molecule has 8 unspecified atom stereocenters. The van der Waals surface area contributed by atoms with Crippen LogP contribution in [-0.2, 0) is 14.3 Å². The number of piperidine rings is 1. The van der Waals surface area contributed by atoms with E-state index in [0.717, 1.165) is 0 Å². The van der Waals surface area contributed by atoms with Crippen molar-refractivity contribution in [2.45, 2.75) is 74.7 Å². The second-order valence-electron chi connectivity index (χ2n) is 7.67. The third-order valence-electron chi connectivity index (χ3n) is 5.32. The minimum Gasteiger partial charge on any atom is -0.388 e. The molecule has 0 bridgehead atoms. The zero-order chi connectivity index (χ0) is 20.8. The molecule has 0 aromatic rings. The van der Waals surface area contributed by atoms with Crippen LogP contribution in [0.25, 0.3) is 0 Å². The summed E-state index contributed by atoms with van der Waals surface area (Å²) in [6, 6.07) is -1.06. The van der Waals surface area contributed by atoms with E-state index >= 15 is 0 Å². The van der Waals surface area contributed by atoms with Crippen LogP contribution < -0.4 is 10.6 Å². The number of alkyl halides is 1. The standard InChI is InChI=1S/C18H33FN2O6S/c1-9(2)12(16-14(23)13(22)15(24)18(27-16)28-3)21-17(25)11-8-10(4-6-20-11)26-7-5-19/h9-16,18,20,22-24H,4-8H2,1-3H3,(H,21,25). The number of rotatable bonds is 8. The summed E-state index contributed by atoms with van der Waals surface area (Å²) >= 11 is 1.23. The van der Waals surface area contributed by atoms with Gasteiger partial charge >= 0.3 is 0 Å². The molecule has 0 saturated carbocycles. The second-order valence-corrected chi connectivity index (χ2v) is 8.60. The Kier molecular flexibility index (Phi) is 9.39. The first-order valence-electron chi connectivity index (χ1n) is 9.73. The monoisotopic (exact) mass is 424 g/mol. The van der Waals surface area contributed by atoms with Crippen LogP contribution in [0.15, 0.2) is 0 Å². The molecule has 8 atom stereocenters. The van der Waals surface area contributed by atoms with Gasteiger partial charge in [0.1, 0.15) is 36.5 Å². The Morgan fingerprint density at radius 3 is 2.64 bits per heavy atom. The average Bonchev–Trinajstić information content (AvgIpc) is 2.69. The van der Waals surface area contributed by atoms with Gasteiger partial charge in [0.15, 0.2) is 0 Å². The molecule has 0 radical (unpaired) electrons. The summed E-state index contributed by atoms with van der Waals surface area (Å²) in [6.45, 7) is 3.81. The molecule has 2 aliphatic rings. The van der Waals surface area contributed by atoms with Crippen molar-refractivity contribution < 1.29 is 34.0 Å². The quantitative estimate of drug-likeness (QED) is 0.351. The number of amides is 1. The molecule has 164 valence electrons. The number of thioether (sulfide) groups is 1. The van der Waals surface area contributed by atoms with E-state index < -0.39 is 48.6 Å². The molecule has 1 amide bonds. The maximum atomic E-state index is 12.8. The maximum Gasteiger partial charge on any atom is 0.237 e. The van der Waals surface area contributed by atoms with E-state index in [2.05, 4.69) is 10.6 Å². The largest absolute Gasteiger partial charge is 0.388 e. The molecule has 2 aliphatic heterocycles. The highest BCUT2D eigenvalue weighted by atomic mass is 32.2. The third-order valence-corrected chi connectivity index (χ3v) is 6.18. The Morgan fingerprint density at radius 2 is 2.04 bits per heavy atom. The van der Waals surface area contributed by atoms with Gasteiger partial charge < -0.3 is 35.4 Å². The highest BCUT2D eigenvalue weighted by Gasteiger charge is 2.47. The van der Waals surface area contributed by atoms with Crippen molar-refractivity contribution in [3.63, 3.8) is 0 Å². The van der Waals surface area contributed by atoms with E-state index in [1.54, 1.807) is 6.26 Å². The summed E-state index contributed by atoms with van der Waals surface area (Å²) in [5, 5.41) is 36.7.